The molecule has 14 nitrogen and oxygen atoms in total. The van der Waals surface area contributed by atoms with Gasteiger partial charge in [0, 0.05) is 34.6 Å². The van der Waals surface area contributed by atoms with Crippen molar-refractivity contribution in [3.63, 3.8) is 0 Å². The number of aromatic nitrogens is 4. The second-order valence-electron chi connectivity index (χ2n) is 8.01. The van der Waals surface area contributed by atoms with E-state index in [-0.39, 0.29) is 0 Å². The van der Waals surface area contributed by atoms with Gasteiger partial charge in [-0.25, -0.2) is 15.0 Å². The maximum atomic E-state index is 12.3. The minimum Gasteiger partial charge on any atom is -0.462 e. The number of hydrogen-bond donors (Lipinski definition) is 0. The van der Waals surface area contributed by atoms with Crippen molar-refractivity contribution in [2.24, 2.45) is 0 Å². The van der Waals surface area contributed by atoms with E-state index in [1.54, 1.807) is 10.8 Å². The van der Waals surface area contributed by atoms with Gasteiger partial charge in [0.1, 0.15) is 28.9 Å². The first-order valence-electron chi connectivity index (χ1n) is 11.5. The quantitative estimate of drug-likeness (QED) is 0.143. The summed E-state index contributed by atoms with van der Waals surface area (Å²) in [6, 6.07) is 0. The van der Waals surface area contributed by atoms with E-state index in [0.29, 0.717) is 16.2 Å². The molecule has 2 aromatic rings. The Balaban J connectivity index is 2.74. The summed E-state index contributed by atoms with van der Waals surface area (Å²) in [5, 5.41) is -0.245. The number of rotatable bonds is 13. The molecule has 5 unspecified atom stereocenters. The van der Waals surface area contributed by atoms with E-state index in [1.807, 2.05) is 6.26 Å². The molecule has 0 fully saturated rings. The second-order valence-corrected chi connectivity index (χ2v) is 9.76. The third-order valence-electron chi connectivity index (χ3n) is 5.00. The lowest BCUT2D eigenvalue weighted by molar-refractivity contribution is -0.203. The van der Waals surface area contributed by atoms with E-state index in [2.05, 4.69) is 15.0 Å². The van der Waals surface area contributed by atoms with Crippen LogP contribution in [0.5, 0.6) is 0 Å². The molecule has 0 N–H and O–H groups in total. The highest BCUT2D eigenvalue weighted by Gasteiger charge is 2.47. The molecule has 214 valence electrons. The number of hydrogen-bond acceptors (Lipinski definition) is 15. The maximum Gasteiger partial charge on any atom is 0.303 e. The molecule has 0 saturated carbocycles. The maximum absolute atomic E-state index is 12.3. The van der Waals surface area contributed by atoms with Gasteiger partial charge in [0.05, 0.1) is 6.33 Å². The third kappa shape index (κ3) is 8.81. The molecule has 0 saturated heterocycles. The predicted octanol–water partition coefficient (Wildman–Crippen LogP) is 1.70. The highest BCUT2D eigenvalue weighted by molar-refractivity contribution is 7.99. The van der Waals surface area contributed by atoms with Crippen LogP contribution < -0.4 is 0 Å². The summed E-state index contributed by atoms with van der Waals surface area (Å²) in [6.07, 6.45) is 0.490. The van der Waals surface area contributed by atoms with Crippen molar-refractivity contribution in [3.8, 4) is 0 Å². The molecule has 0 amide bonds. The fraction of sp³-hybridized carbons (Fsp3) is 0.565. The van der Waals surface area contributed by atoms with Crippen molar-refractivity contribution in [3.05, 3.63) is 12.7 Å². The van der Waals surface area contributed by atoms with Crippen LogP contribution in [-0.2, 0) is 47.7 Å². The highest BCUT2D eigenvalue weighted by atomic mass is 32.2. The summed E-state index contributed by atoms with van der Waals surface area (Å²) in [5.74, 6) is -3.88. The van der Waals surface area contributed by atoms with Crippen molar-refractivity contribution in [1.82, 2.24) is 19.5 Å². The van der Waals surface area contributed by atoms with Crippen LogP contribution in [0.2, 0.25) is 0 Å². The molecule has 0 aliphatic rings. The van der Waals surface area contributed by atoms with Crippen LogP contribution in [0, 0.1) is 0 Å². The van der Waals surface area contributed by atoms with E-state index in [9.17, 15) is 24.0 Å². The molecule has 0 aliphatic carbocycles. The number of carbonyl (C=O) groups is 5. The van der Waals surface area contributed by atoms with Gasteiger partial charge in [-0.2, -0.15) is 0 Å². The zero-order valence-corrected chi connectivity index (χ0v) is 24.1. The van der Waals surface area contributed by atoms with E-state index in [0.717, 1.165) is 34.6 Å². The van der Waals surface area contributed by atoms with Crippen molar-refractivity contribution < 1.29 is 47.7 Å². The van der Waals surface area contributed by atoms with Gasteiger partial charge in [0.25, 0.3) is 0 Å². The molecule has 0 radical (unpaired) electrons. The first kappa shape index (κ1) is 31.8. The average Bonchev–Trinajstić information content (AvgIpc) is 3.27. The molecule has 0 spiro atoms. The van der Waals surface area contributed by atoms with Crippen molar-refractivity contribution >= 4 is 64.5 Å². The molecule has 0 aliphatic heterocycles. The van der Waals surface area contributed by atoms with Crippen LogP contribution >= 0.6 is 23.5 Å². The van der Waals surface area contributed by atoms with Crippen LogP contribution in [0.4, 0.5) is 0 Å². The Morgan fingerprint density at radius 1 is 0.769 bits per heavy atom. The molecule has 0 aromatic carbocycles. The van der Waals surface area contributed by atoms with Gasteiger partial charge in [-0.15, -0.1) is 23.5 Å². The number of fused-ring (bicyclic) bond motifs is 1. The highest BCUT2D eigenvalue weighted by Crippen LogP contribution is 2.35. The van der Waals surface area contributed by atoms with Gasteiger partial charge < -0.3 is 23.7 Å². The number of esters is 5. The zero-order valence-electron chi connectivity index (χ0n) is 22.4. The summed E-state index contributed by atoms with van der Waals surface area (Å²) >= 11 is 2.55. The first-order valence-corrected chi connectivity index (χ1v) is 14.0. The summed E-state index contributed by atoms with van der Waals surface area (Å²) in [6.45, 7) is 5.04. The minimum atomic E-state index is -1.56. The largest absolute Gasteiger partial charge is 0.462 e. The Kier molecular flexibility index (Phi) is 12.0. The third-order valence-corrected chi connectivity index (χ3v) is 6.67. The van der Waals surface area contributed by atoms with Gasteiger partial charge in [0.15, 0.2) is 30.1 Å². The number of thioether (sulfide) groups is 2. The number of ether oxygens (including phenoxy) is 5. The molecule has 16 heteroatoms. The van der Waals surface area contributed by atoms with Crippen LogP contribution in [0.3, 0.4) is 0 Å². The van der Waals surface area contributed by atoms with Crippen molar-refractivity contribution in [2.75, 3.05) is 19.1 Å². The molecule has 0 bridgehead atoms. The molecule has 2 rings (SSSR count). The van der Waals surface area contributed by atoms with Crippen molar-refractivity contribution in [2.45, 2.75) is 69.4 Å². The average molecular weight is 587 g/mol. The smallest absolute Gasteiger partial charge is 0.303 e. The standard InChI is InChI=1S/C23H30N4O10S2/c1-11(28)33-8-16(34-12(2)29)18(35-13(3)30)19(36-14(4)31)20(37-15(5)32)23(39-7)27-10-26-17-21(27)24-9-25-22(17)38-6/h9-10,16,18-20,23H,8H2,1-7H3. The molecular weight excluding hydrogens is 556 g/mol. The Morgan fingerprint density at radius 2 is 1.33 bits per heavy atom. The van der Waals surface area contributed by atoms with E-state index in [1.165, 1.54) is 36.2 Å². The fourth-order valence-electron chi connectivity index (χ4n) is 3.72. The van der Waals surface area contributed by atoms with Gasteiger partial charge in [-0.05, 0) is 12.5 Å². The molecule has 5 atom stereocenters. The van der Waals surface area contributed by atoms with Crippen molar-refractivity contribution in [1.29, 1.82) is 0 Å². The second kappa shape index (κ2) is 14.7. The Bertz CT molecular complexity index is 1210. The number of imidazole rings is 1. The summed E-state index contributed by atoms with van der Waals surface area (Å²) in [7, 11) is 0. The SMILES string of the molecule is CSc1ncnc2c1ncn2C(SC)C(OC(C)=O)C(OC(C)=O)C(OC(C)=O)C(COC(C)=O)OC(C)=O. The lowest BCUT2D eigenvalue weighted by Crippen LogP contribution is -2.54. The lowest BCUT2D eigenvalue weighted by Gasteiger charge is -2.38. The van der Waals surface area contributed by atoms with Crippen LogP contribution in [0.1, 0.15) is 40.0 Å². The molecule has 2 heterocycles. The fourth-order valence-corrected chi connectivity index (χ4v) is 5.07. The van der Waals surface area contributed by atoms with Gasteiger partial charge in [-0.1, -0.05) is 0 Å². The van der Waals surface area contributed by atoms with Crippen LogP contribution in [-0.4, -0.2) is 92.9 Å². The van der Waals surface area contributed by atoms with Gasteiger partial charge in [-0.3, -0.25) is 28.5 Å². The van der Waals surface area contributed by atoms with Gasteiger partial charge in [0.2, 0.25) is 0 Å². The normalized spacial score (nSPS) is 14.8. The number of nitrogens with zero attached hydrogens (tertiary/aromatic N) is 4. The zero-order chi connectivity index (χ0) is 29.3. The Morgan fingerprint density at radius 3 is 1.85 bits per heavy atom. The van der Waals surface area contributed by atoms with E-state index in [4.69, 9.17) is 23.7 Å². The van der Waals surface area contributed by atoms with Crippen LogP contribution in [0.25, 0.3) is 11.2 Å². The lowest BCUT2D eigenvalue weighted by atomic mass is 10.0. The van der Waals surface area contributed by atoms with E-state index >= 15 is 0 Å². The Labute approximate surface area is 232 Å². The summed E-state index contributed by atoms with van der Waals surface area (Å²) in [4.78, 5) is 73.2. The summed E-state index contributed by atoms with van der Waals surface area (Å²) in [5.41, 5.74) is 0.881. The van der Waals surface area contributed by atoms with Crippen LogP contribution in [0.15, 0.2) is 17.7 Å². The first-order chi connectivity index (χ1) is 18.4. The molecule has 2 aromatic heterocycles. The minimum absolute atomic E-state index is 0.396. The van der Waals surface area contributed by atoms with Gasteiger partial charge >= 0.3 is 29.8 Å². The topological polar surface area (TPSA) is 175 Å². The number of carbonyl (C=O) groups excluding carboxylic acids is 5. The Hall–Kier alpha value is -3.40. The molecule has 39 heavy (non-hydrogen) atoms. The monoisotopic (exact) mass is 586 g/mol. The predicted molar refractivity (Wildman–Crippen MR) is 139 cm³/mol. The van der Waals surface area contributed by atoms with E-state index < -0.39 is 66.2 Å². The summed E-state index contributed by atoms with van der Waals surface area (Å²) < 4.78 is 28.7. The molecular formula is C23H30N4O10S2.